The summed E-state index contributed by atoms with van der Waals surface area (Å²) in [5.74, 6) is -0.0621. The first-order chi connectivity index (χ1) is 12.0. The van der Waals surface area contributed by atoms with Gasteiger partial charge in [-0.3, -0.25) is 9.59 Å². The lowest BCUT2D eigenvalue weighted by Crippen LogP contribution is -2.21. The summed E-state index contributed by atoms with van der Waals surface area (Å²) in [7, 11) is 0. The molecule has 0 saturated heterocycles. The number of carbonyl (C=O) groups is 2. The Labute approximate surface area is 148 Å². The van der Waals surface area contributed by atoms with Crippen molar-refractivity contribution in [2.24, 2.45) is 0 Å². The maximum absolute atomic E-state index is 12.6. The lowest BCUT2D eigenvalue weighted by atomic mass is 9.94. The molecule has 0 spiro atoms. The Morgan fingerprint density at radius 1 is 1.16 bits per heavy atom. The highest BCUT2D eigenvalue weighted by Gasteiger charge is 2.26. The van der Waals surface area contributed by atoms with E-state index in [1.165, 1.54) is 0 Å². The number of H-pyrrole nitrogens is 1. The molecule has 0 bridgehead atoms. The van der Waals surface area contributed by atoms with Gasteiger partial charge in [-0.1, -0.05) is 0 Å². The fourth-order valence-corrected chi connectivity index (χ4v) is 3.54. The van der Waals surface area contributed by atoms with Gasteiger partial charge in [0.05, 0.1) is 0 Å². The lowest BCUT2D eigenvalue weighted by Gasteiger charge is -2.21. The average molecular weight is 339 g/mol. The molecule has 0 fully saturated rings. The number of anilines is 2. The summed E-state index contributed by atoms with van der Waals surface area (Å²) in [6.45, 7) is 7.98. The van der Waals surface area contributed by atoms with Crippen molar-refractivity contribution in [1.82, 2.24) is 4.98 Å². The molecule has 5 nitrogen and oxygen atoms in total. The van der Waals surface area contributed by atoms with Gasteiger partial charge in [0.2, 0.25) is 0 Å². The second-order valence-corrected chi connectivity index (χ2v) is 6.43. The first-order valence-corrected chi connectivity index (χ1v) is 8.96. The van der Waals surface area contributed by atoms with Crippen molar-refractivity contribution in [3.8, 4) is 0 Å². The first-order valence-electron chi connectivity index (χ1n) is 8.96. The third kappa shape index (κ3) is 3.31. The predicted molar refractivity (Wildman–Crippen MR) is 101 cm³/mol. The van der Waals surface area contributed by atoms with E-state index in [2.05, 4.69) is 29.0 Å². The van der Waals surface area contributed by atoms with Crippen LogP contribution in [0.5, 0.6) is 0 Å². The fraction of sp³-hybridized carbons (Fsp3) is 0.400. The molecular weight excluding hydrogens is 314 g/mol. The largest absolute Gasteiger partial charge is 0.372 e. The van der Waals surface area contributed by atoms with Crippen LogP contribution < -0.4 is 10.2 Å². The molecular formula is C20H25N3O2. The Morgan fingerprint density at radius 3 is 2.44 bits per heavy atom. The number of carbonyl (C=O) groups excluding carboxylic acids is 2. The van der Waals surface area contributed by atoms with Crippen LogP contribution in [0.3, 0.4) is 0 Å². The summed E-state index contributed by atoms with van der Waals surface area (Å²) < 4.78 is 0. The third-order valence-electron chi connectivity index (χ3n) is 4.92. The van der Waals surface area contributed by atoms with Crippen LogP contribution in [0.25, 0.3) is 0 Å². The monoisotopic (exact) mass is 339 g/mol. The molecule has 0 saturated carbocycles. The molecule has 25 heavy (non-hydrogen) atoms. The van der Waals surface area contributed by atoms with E-state index in [-0.39, 0.29) is 11.7 Å². The molecule has 1 aromatic heterocycles. The summed E-state index contributed by atoms with van der Waals surface area (Å²) in [6, 6.07) is 7.85. The number of rotatable bonds is 5. The highest BCUT2D eigenvalue weighted by Crippen LogP contribution is 2.27. The number of aryl methyl sites for hydroxylation is 1. The van der Waals surface area contributed by atoms with Gasteiger partial charge in [-0.15, -0.1) is 0 Å². The topological polar surface area (TPSA) is 65.2 Å². The van der Waals surface area contributed by atoms with Gasteiger partial charge in [-0.2, -0.15) is 0 Å². The predicted octanol–water partition coefficient (Wildman–Crippen LogP) is 3.94. The van der Waals surface area contributed by atoms with Gasteiger partial charge in [0.1, 0.15) is 5.69 Å². The number of nitrogens with zero attached hydrogens (tertiary/aromatic N) is 1. The van der Waals surface area contributed by atoms with Crippen molar-refractivity contribution in [2.45, 2.75) is 40.0 Å². The summed E-state index contributed by atoms with van der Waals surface area (Å²) in [4.78, 5) is 30.1. The van der Waals surface area contributed by atoms with Crippen molar-refractivity contribution < 1.29 is 9.59 Å². The second-order valence-electron chi connectivity index (χ2n) is 6.43. The molecule has 2 N–H and O–H groups in total. The Kier molecular flexibility index (Phi) is 4.93. The molecule has 1 aliphatic rings. The Morgan fingerprint density at radius 2 is 1.84 bits per heavy atom. The van der Waals surface area contributed by atoms with Crippen molar-refractivity contribution in [2.75, 3.05) is 23.3 Å². The summed E-state index contributed by atoms with van der Waals surface area (Å²) >= 11 is 0. The molecule has 5 heteroatoms. The zero-order valence-corrected chi connectivity index (χ0v) is 15.1. The van der Waals surface area contributed by atoms with Crippen molar-refractivity contribution in [3.05, 3.63) is 46.8 Å². The highest BCUT2D eigenvalue weighted by molar-refractivity contribution is 6.08. The van der Waals surface area contributed by atoms with E-state index in [9.17, 15) is 9.59 Å². The van der Waals surface area contributed by atoms with Crippen molar-refractivity contribution >= 4 is 23.1 Å². The maximum Gasteiger partial charge on any atom is 0.272 e. The number of amides is 1. The first kappa shape index (κ1) is 17.3. The van der Waals surface area contributed by atoms with Crippen LogP contribution >= 0.6 is 0 Å². The van der Waals surface area contributed by atoms with E-state index in [0.717, 1.165) is 48.6 Å². The summed E-state index contributed by atoms with van der Waals surface area (Å²) in [5.41, 5.74) is 4.76. The number of nitrogens with one attached hydrogen (secondary N) is 2. The van der Waals surface area contributed by atoms with E-state index in [1.807, 2.05) is 31.2 Å². The smallest absolute Gasteiger partial charge is 0.272 e. The Balaban J connectivity index is 1.78. The number of benzene rings is 1. The quantitative estimate of drug-likeness (QED) is 0.867. The van der Waals surface area contributed by atoms with Crippen molar-refractivity contribution in [3.63, 3.8) is 0 Å². The van der Waals surface area contributed by atoms with Crippen LogP contribution in [-0.2, 0) is 6.42 Å². The molecule has 0 aliphatic heterocycles. The van der Waals surface area contributed by atoms with E-state index >= 15 is 0 Å². The maximum atomic E-state index is 12.6. The lowest BCUT2D eigenvalue weighted by molar-refractivity contribution is 0.0971. The number of aromatic nitrogens is 1. The molecule has 1 amide bonds. The van der Waals surface area contributed by atoms with Gasteiger partial charge in [-0.25, -0.2) is 0 Å². The molecule has 1 heterocycles. The third-order valence-corrected chi connectivity index (χ3v) is 4.92. The van der Waals surface area contributed by atoms with Crippen LogP contribution in [0.15, 0.2) is 24.3 Å². The van der Waals surface area contributed by atoms with Gasteiger partial charge in [0, 0.05) is 42.1 Å². The average Bonchev–Trinajstić information content (AvgIpc) is 2.96. The SMILES string of the molecule is CCN(CC)c1ccc(NC(=O)c2[nH]c3c(c2C)C(=O)CCC3)cc1. The normalized spacial score (nSPS) is 13.5. The molecule has 0 radical (unpaired) electrons. The minimum Gasteiger partial charge on any atom is -0.372 e. The zero-order chi connectivity index (χ0) is 18.0. The van der Waals surface area contributed by atoms with E-state index in [1.54, 1.807) is 0 Å². The van der Waals surface area contributed by atoms with Gasteiger partial charge >= 0.3 is 0 Å². The number of aromatic amines is 1. The molecule has 0 atom stereocenters. The number of ketones is 1. The van der Waals surface area contributed by atoms with Crippen LogP contribution in [0, 0.1) is 6.92 Å². The second kappa shape index (κ2) is 7.13. The van der Waals surface area contributed by atoms with Crippen LogP contribution in [0.1, 0.15) is 58.8 Å². The molecule has 3 rings (SSSR count). The summed E-state index contributed by atoms with van der Waals surface area (Å²) in [5, 5.41) is 2.93. The standard InChI is InChI=1S/C20H25N3O2/c1-4-23(5-2)15-11-9-14(10-12-15)21-20(25)19-13(3)18-16(22-19)7-6-8-17(18)24/h9-12,22H,4-8H2,1-3H3,(H,21,25). The minimum atomic E-state index is -0.199. The van der Waals surface area contributed by atoms with Crippen molar-refractivity contribution in [1.29, 1.82) is 0 Å². The zero-order valence-electron chi connectivity index (χ0n) is 15.1. The molecule has 2 aromatic rings. The van der Waals surface area contributed by atoms with E-state index in [0.29, 0.717) is 17.7 Å². The van der Waals surface area contributed by atoms with E-state index < -0.39 is 0 Å². The van der Waals surface area contributed by atoms with E-state index in [4.69, 9.17) is 0 Å². The fourth-order valence-electron chi connectivity index (χ4n) is 3.54. The van der Waals surface area contributed by atoms with Gasteiger partial charge in [0.25, 0.3) is 5.91 Å². The van der Waals surface area contributed by atoms with Gasteiger partial charge < -0.3 is 15.2 Å². The molecule has 1 aliphatic carbocycles. The molecule has 0 unspecified atom stereocenters. The number of Topliss-reactive ketones (excluding diaryl/α,β-unsaturated/α-hetero) is 1. The van der Waals surface area contributed by atoms with Gasteiger partial charge in [0.15, 0.2) is 5.78 Å². The van der Waals surface area contributed by atoms with Crippen LogP contribution in [0.2, 0.25) is 0 Å². The number of hydrogen-bond donors (Lipinski definition) is 2. The Bertz CT molecular complexity index is 786. The van der Waals surface area contributed by atoms with Crippen LogP contribution in [-0.4, -0.2) is 29.8 Å². The molecule has 132 valence electrons. The Hall–Kier alpha value is -2.56. The van der Waals surface area contributed by atoms with Crippen LogP contribution in [0.4, 0.5) is 11.4 Å². The highest BCUT2D eigenvalue weighted by atomic mass is 16.2. The van der Waals surface area contributed by atoms with Gasteiger partial charge in [-0.05, 0) is 63.4 Å². The number of hydrogen-bond acceptors (Lipinski definition) is 3. The minimum absolute atomic E-state index is 0.137. The summed E-state index contributed by atoms with van der Waals surface area (Å²) in [6.07, 6.45) is 2.24. The number of fused-ring (bicyclic) bond motifs is 1. The molecule has 1 aromatic carbocycles.